The molecule has 1 aliphatic rings. The number of nitrogens with zero attached hydrogens (tertiary/aromatic N) is 4. The molecule has 1 aromatic heterocycles. The Morgan fingerprint density at radius 1 is 0.838 bits per heavy atom. The van der Waals surface area contributed by atoms with Gasteiger partial charge < -0.3 is 20.0 Å². The average molecular weight is 587 g/mol. The highest BCUT2D eigenvalue weighted by Gasteiger charge is 2.34. The number of aryl methyl sites for hydroxylation is 2. The maximum absolute atomic E-state index is 9.55. The van der Waals surface area contributed by atoms with Crippen molar-refractivity contribution in [2.24, 2.45) is 0 Å². The predicted molar refractivity (Wildman–Crippen MR) is 155 cm³/mol. The van der Waals surface area contributed by atoms with E-state index in [0.29, 0.717) is 46.0 Å². The molecule has 0 spiro atoms. The van der Waals surface area contributed by atoms with E-state index in [1.807, 2.05) is 24.3 Å². The quantitative estimate of drug-likeness (QED) is 0.255. The van der Waals surface area contributed by atoms with E-state index in [4.69, 9.17) is 46.4 Å². The number of anilines is 2. The molecule has 0 aliphatic carbocycles. The number of hydrogen-bond donors (Lipinski definition) is 2. The highest BCUT2D eigenvalue weighted by atomic mass is 35.5. The van der Waals surface area contributed by atoms with Gasteiger partial charge in [-0.05, 0) is 26.0 Å². The lowest BCUT2D eigenvalue weighted by molar-refractivity contribution is -0.674. The maximum atomic E-state index is 9.55. The zero-order valence-corrected chi connectivity index (χ0v) is 24.1. The molecule has 2 N–H and O–H groups in total. The minimum absolute atomic E-state index is 0.0865. The molecule has 0 unspecified atom stereocenters. The minimum atomic E-state index is 0.0865. The van der Waals surface area contributed by atoms with Crippen molar-refractivity contribution in [2.75, 3.05) is 36.1 Å². The van der Waals surface area contributed by atoms with Crippen LogP contribution in [0.5, 0.6) is 0 Å². The first-order chi connectivity index (χ1) is 17.9. The van der Waals surface area contributed by atoms with Crippen LogP contribution in [0.1, 0.15) is 38.9 Å². The lowest BCUT2D eigenvalue weighted by atomic mass is 10.2. The number of hydrogen-bond acceptors (Lipinski definition) is 4. The molecule has 0 amide bonds. The van der Waals surface area contributed by atoms with Gasteiger partial charge in [-0.1, -0.05) is 52.5 Å². The lowest BCUT2D eigenvalue weighted by Crippen LogP contribution is -2.42. The van der Waals surface area contributed by atoms with Crippen LogP contribution in [0.25, 0.3) is 17.1 Å². The normalized spacial score (nSPS) is 14.1. The molecule has 0 fully saturated rings. The number of aromatic nitrogens is 2. The summed E-state index contributed by atoms with van der Waals surface area (Å²) in [6.45, 7) is 7.40. The summed E-state index contributed by atoms with van der Waals surface area (Å²) >= 11 is 25.5. The molecule has 2 aromatic carbocycles. The van der Waals surface area contributed by atoms with E-state index in [-0.39, 0.29) is 19.4 Å². The molecular weight excluding hydrogens is 554 g/mol. The van der Waals surface area contributed by atoms with Crippen LogP contribution in [0.2, 0.25) is 20.1 Å². The summed E-state index contributed by atoms with van der Waals surface area (Å²) < 4.78 is 4.33. The molecule has 0 bridgehead atoms. The average Bonchev–Trinajstić information content (AvgIpc) is 3.32. The molecule has 10 heteroatoms. The van der Waals surface area contributed by atoms with E-state index >= 15 is 0 Å². The van der Waals surface area contributed by atoms with Gasteiger partial charge in [0.1, 0.15) is 6.17 Å². The van der Waals surface area contributed by atoms with Gasteiger partial charge >= 0.3 is 0 Å². The second-order valence-corrected chi connectivity index (χ2v) is 10.6. The number of aliphatic hydroxyl groups excluding tert-OH is 2. The van der Waals surface area contributed by atoms with Crippen molar-refractivity contribution >= 4 is 74.9 Å². The molecular formula is C27H33Cl4N4O2+. The van der Waals surface area contributed by atoms with E-state index in [1.165, 1.54) is 0 Å². The Labute approximate surface area is 238 Å². The van der Waals surface area contributed by atoms with E-state index in [9.17, 15) is 10.2 Å². The zero-order chi connectivity index (χ0) is 26.7. The summed E-state index contributed by atoms with van der Waals surface area (Å²) in [5, 5.41) is 21.2. The standard InChI is InChI=1S/C27H33Cl4N4O2/c1-3-32-22-14-18(28)19(29)15-23(22)33(4-2)26(32)8-5-9-27-34(10-6-12-36)24-16-20(30)21(31)17-25(24)35(27)11-7-13-37/h5,9,14-17,26,36-37H,3-4,6-8,10-13H2,1-2H3/q+1. The number of rotatable bonds is 11. The second-order valence-electron chi connectivity index (χ2n) is 9.02. The molecule has 0 radical (unpaired) electrons. The summed E-state index contributed by atoms with van der Waals surface area (Å²) in [5.74, 6) is 0.975. The Balaban J connectivity index is 1.73. The molecule has 200 valence electrons. The minimum Gasteiger partial charge on any atom is -0.396 e. The van der Waals surface area contributed by atoms with Gasteiger partial charge in [-0.2, -0.15) is 0 Å². The van der Waals surface area contributed by atoms with Crippen molar-refractivity contribution in [1.29, 1.82) is 0 Å². The number of benzene rings is 2. The third kappa shape index (κ3) is 5.56. The van der Waals surface area contributed by atoms with Crippen molar-refractivity contribution in [2.45, 2.75) is 52.4 Å². The smallest absolute Gasteiger partial charge is 0.282 e. The zero-order valence-electron chi connectivity index (χ0n) is 21.1. The van der Waals surface area contributed by atoms with Crippen LogP contribution in [0.15, 0.2) is 30.3 Å². The highest BCUT2D eigenvalue weighted by molar-refractivity contribution is 6.43. The van der Waals surface area contributed by atoms with Crippen LogP contribution in [-0.2, 0) is 13.1 Å². The summed E-state index contributed by atoms with van der Waals surface area (Å²) in [4.78, 5) is 4.71. The van der Waals surface area contributed by atoms with Gasteiger partial charge in [-0.3, -0.25) is 0 Å². The van der Waals surface area contributed by atoms with Gasteiger partial charge in [0.25, 0.3) is 5.82 Å². The SMILES string of the molecule is CCN1c2cc(Cl)c(Cl)cc2N(CC)C1CC=Cc1n(CCCO)c2cc(Cl)c(Cl)cc2[n+]1CCCO. The highest BCUT2D eigenvalue weighted by Crippen LogP contribution is 2.44. The fourth-order valence-electron chi connectivity index (χ4n) is 5.25. The molecule has 0 atom stereocenters. The van der Waals surface area contributed by atoms with E-state index in [1.54, 1.807) is 0 Å². The van der Waals surface area contributed by atoms with Crippen LogP contribution in [0, 0.1) is 0 Å². The lowest BCUT2D eigenvalue weighted by Gasteiger charge is -2.31. The Hall–Kier alpha value is -1.67. The van der Waals surface area contributed by atoms with Crippen LogP contribution in [-0.4, -0.2) is 47.2 Å². The van der Waals surface area contributed by atoms with Gasteiger partial charge in [0.15, 0.2) is 11.0 Å². The molecule has 0 saturated carbocycles. The molecule has 1 aliphatic heterocycles. The Morgan fingerprint density at radius 3 is 1.97 bits per heavy atom. The monoisotopic (exact) mass is 585 g/mol. The van der Waals surface area contributed by atoms with Crippen molar-refractivity contribution in [3.8, 4) is 0 Å². The molecule has 2 heterocycles. The molecule has 0 saturated heterocycles. The summed E-state index contributed by atoms with van der Waals surface area (Å²) in [6.07, 6.45) is 6.43. The number of aliphatic hydroxyl groups is 2. The Morgan fingerprint density at radius 2 is 1.41 bits per heavy atom. The van der Waals surface area contributed by atoms with Crippen molar-refractivity contribution < 1.29 is 14.8 Å². The van der Waals surface area contributed by atoms with Crippen LogP contribution in [0.4, 0.5) is 11.4 Å². The Kier molecular flexibility index (Phi) is 9.54. The van der Waals surface area contributed by atoms with Crippen LogP contribution in [0.3, 0.4) is 0 Å². The molecule has 37 heavy (non-hydrogen) atoms. The summed E-state index contributed by atoms with van der Waals surface area (Å²) in [7, 11) is 0. The molecule has 6 nitrogen and oxygen atoms in total. The third-order valence-corrected chi connectivity index (χ3v) is 8.33. The molecule has 4 rings (SSSR count). The third-order valence-electron chi connectivity index (χ3n) is 6.88. The van der Waals surface area contributed by atoms with Gasteiger partial charge in [0.05, 0.1) is 44.6 Å². The molecule has 3 aromatic rings. The predicted octanol–water partition coefficient (Wildman–Crippen LogP) is 6.40. The van der Waals surface area contributed by atoms with Crippen LogP contribution >= 0.6 is 46.4 Å². The van der Waals surface area contributed by atoms with Crippen molar-refractivity contribution in [3.63, 3.8) is 0 Å². The topological polar surface area (TPSA) is 55.8 Å². The Bertz CT molecular complexity index is 1210. The first-order valence-corrected chi connectivity index (χ1v) is 14.2. The largest absolute Gasteiger partial charge is 0.396 e. The first-order valence-electron chi connectivity index (χ1n) is 12.7. The fourth-order valence-corrected chi connectivity index (χ4v) is 5.88. The van der Waals surface area contributed by atoms with Gasteiger partial charge in [-0.25, -0.2) is 9.13 Å². The van der Waals surface area contributed by atoms with Crippen molar-refractivity contribution in [1.82, 2.24) is 4.57 Å². The fraction of sp³-hybridized carbons (Fsp3) is 0.444. The second kappa shape index (κ2) is 12.5. The first kappa shape index (κ1) is 28.3. The van der Waals surface area contributed by atoms with Gasteiger partial charge in [0.2, 0.25) is 0 Å². The van der Waals surface area contributed by atoms with Crippen LogP contribution < -0.4 is 14.4 Å². The maximum Gasteiger partial charge on any atom is 0.282 e. The summed E-state index contributed by atoms with van der Waals surface area (Å²) in [5.41, 5.74) is 4.08. The van der Waals surface area contributed by atoms with E-state index < -0.39 is 0 Å². The number of imidazole rings is 1. The van der Waals surface area contributed by atoms with Gasteiger partial charge in [-0.15, -0.1) is 0 Å². The van der Waals surface area contributed by atoms with Crippen molar-refractivity contribution in [3.05, 3.63) is 56.3 Å². The summed E-state index contributed by atoms with van der Waals surface area (Å²) in [6, 6.07) is 7.67. The number of halogens is 4. The number of fused-ring (bicyclic) bond motifs is 2. The van der Waals surface area contributed by atoms with E-state index in [2.05, 4.69) is 44.9 Å². The van der Waals surface area contributed by atoms with Gasteiger partial charge in [0, 0.05) is 63.8 Å². The van der Waals surface area contributed by atoms with E-state index in [0.717, 1.165) is 47.7 Å².